The molecule has 37 heavy (non-hydrogen) atoms. The molecule has 1 amide bonds. The number of carbonyl (C=O) groups is 2. The van der Waals surface area contributed by atoms with Crippen molar-refractivity contribution in [2.24, 2.45) is 0 Å². The lowest BCUT2D eigenvalue weighted by atomic mass is 9.90. The van der Waals surface area contributed by atoms with Crippen LogP contribution in [0.5, 0.6) is 5.75 Å². The summed E-state index contributed by atoms with van der Waals surface area (Å²) in [5, 5.41) is 13.2. The summed E-state index contributed by atoms with van der Waals surface area (Å²) in [5.74, 6) is -3.85. The quantitative estimate of drug-likeness (QED) is 0.201. The third-order valence-corrected chi connectivity index (χ3v) is 6.74. The van der Waals surface area contributed by atoms with Crippen LogP contribution in [0.15, 0.2) is 78.4 Å². The van der Waals surface area contributed by atoms with Crippen molar-refractivity contribution in [3.63, 3.8) is 0 Å². The summed E-state index contributed by atoms with van der Waals surface area (Å²) in [5.41, 5.74) is 2.15. The van der Waals surface area contributed by atoms with Crippen LogP contribution in [-0.2, 0) is 9.59 Å². The Labute approximate surface area is 212 Å². The lowest BCUT2D eigenvalue weighted by Gasteiger charge is -2.26. The highest BCUT2D eigenvalue weighted by Crippen LogP contribution is 2.45. The molecule has 186 valence electrons. The number of aliphatic hydroxyl groups is 1. The van der Waals surface area contributed by atoms with Gasteiger partial charge in [0.05, 0.1) is 18.7 Å². The van der Waals surface area contributed by atoms with E-state index < -0.39 is 29.4 Å². The van der Waals surface area contributed by atoms with Gasteiger partial charge in [-0.25, -0.2) is 8.78 Å². The van der Waals surface area contributed by atoms with Crippen molar-refractivity contribution in [2.75, 3.05) is 12.0 Å². The first kappa shape index (κ1) is 24.2. The van der Waals surface area contributed by atoms with E-state index in [-0.39, 0.29) is 17.0 Å². The minimum absolute atomic E-state index is 0.000572. The van der Waals surface area contributed by atoms with E-state index >= 15 is 0 Å². The molecule has 0 saturated carbocycles. The van der Waals surface area contributed by atoms with Crippen LogP contribution in [0.3, 0.4) is 0 Å². The van der Waals surface area contributed by atoms with E-state index in [0.717, 1.165) is 33.4 Å². The summed E-state index contributed by atoms with van der Waals surface area (Å²) in [6.07, 6.45) is 0. The predicted molar refractivity (Wildman–Crippen MR) is 138 cm³/mol. The van der Waals surface area contributed by atoms with Gasteiger partial charge in [-0.15, -0.1) is 0 Å². The van der Waals surface area contributed by atoms with E-state index in [4.69, 9.17) is 4.74 Å². The van der Waals surface area contributed by atoms with Gasteiger partial charge >= 0.3 is 0 Å². The topological polar surface area (TPSA) is 66.8 Å². The fraction of sp³-hybridized carbons (Fsp3) is 0.133. The fourth-order valence-corrected chi connectivity index (χ4v) is 4.93. The highest BCUT2D eigenvalue weighted by atomic mass is 19.2. The molecule has 1 saturated heterocycles. The number of aliphatic hydroxyl groups excluding tert-OH is 1. The van der Waals surface area contributed by atoms with Crippen LogP contribution in [0, 0.1) is 25.5 Å². The normalized spacial score (nSPS) is 17.0. The van der Waals surface area contributed by atoms with Gasteiger partial charge in [0, 0.05) is 17.3 Å². The Balaban J connectivity index is 1.82. The molecule has 1 fully saturated rings. The number of fused-ring (bicyclic) bond motifs is 1. The standard InChI is InChI=1S/C30H23F2NO4/c1-16-14-25(37-3)17(2)13-22(16)28(34)26-27(21-10-6-8-18-7-4-5-9-20(18)21)33(30(36)29(26)35)19-11-12-23(31)24(32)15-19/h4-15,27,34H,1-3H3/b28-26+. The Hall–Kier alpha value is -4.52. The Morgan fingerprint density at radius 2 is 1.62 bits per heavy atom. The van der Waals surface area contributed by atoms with Gasteiger partial charge in [0.2, 0.25) is 0 Å². The minimum atomic E-state index is -1.15. The molecule has 0 aliphatic carbocycles. The molecule has 0 radical (unpaired) electrons. The maximum Gasteiger partial charge on any atom is 0.300 e. The van der Waals surface area contributed by atoms with Gasteiger partial charge in [-0.3, -0.25) is 14.5 Å². The number of ketones is 1. The molecule has 1 N–H and O–H groups in total. The molecular weight excluding hydrogens is 476 g/mol. The predicted octanol–water partition coefficient (Wildman–Crippen LogP) is 6.37. The third-order valence-electron chi connectivity index (χ3n) is 6.74. The second kappa shape index (κ2) is 9.17. The number of Topliss-reactive ketones (excluding diaryl/α,β-unsaturated/α-hetero) is 1. The smallest absolute Gasteiger partial charge is 0.300 e. The molecule has 1 aliphatic rings. The number of methoxy groups -OCH3 is 1. The summed E-state index contributed by atoms with van der Waals surface area (Å²) in [7, 11) is 1.54. The van der Waals surface area contributed by atoms with E-state index in [1.807, 2.05) is 30.3 Å². The number of aryl methyl sites for hydroxylation is 2. The van der Waals surface area contributed by atoms with E-state index in [9.17, 15) is 23.5 Å². The highest BCUT2D eigenvalue weighted by molar-refractivity contribution is 6.52. The number of amides is 1. The Bertz CT molecular complexity index is 1620. The van der Waals surface area contributed by atoms with Gasteiger partial charge in [-0.05, 0) is 65.6 Å². The summed E-state index contributed by atoms with van der Waals surface area (Å²) in [6, 6.07) is 18.2. The summed E-state index contributed by atoms with van der Waals surface area (Å²) in [4.78, 5) is 28.0. The van der Waals surface area contributed by atoms with Crippen LogP contribution < -0.4 is 9.64 Å². The second-order valence-electron chi connectivity index (χ2n) is 8.97. The molecule has 1 unspecified atom stereocenters. The van der Waals surface area contributed by atoms with Crippen molar-refractivity contribution >= 4 is 33.9 Å². The molecule has 0 aromatic heterocycles. The maximum absolute atomic E-state index is 14.3. The number of anilines is 1. The van der Waals surface area contributed by atoms with Crippen LogP contribution in [-0.4, -0.2) is 23.9 Å². The molecule has 4 aromatic carbocycles. The zero-order chi connectivity index (χ0) is 26.4. The largest absolute Gasteiger partial charge is 0.507 e. The minimum Gasteiger partial charge on any atom is -0.507 e. The molecule has 0 bridgehead atoms. The van der Waals surface area contributed by atoms with Gasteiger partial charge in [-0.2, -0.15) is 0 Å². The van der Waals surface area contributed by atoms with Gasteiger partial charge < -0.3 is 9.84 Å². The number of hydrogen-bond donors (Lipinski definition) is 1. The number of benzene rings is 4. The number of rotatable bonds is 4. The Morgan fingerprint density at radius 1 is 0.892 bits per heavy atom. The second-order valence-corrected chi connectivity index (χ2v) is 8.97. The van der Waals surface area contributed by atoms with E-state index in [1.165, 1.54) is 13.2 Å². The zero-order valence-corrected chi connectivity index (χ0v) is 20.4. The van der Waals surface area contributed by atoms with Crippen LogP contribution in [0.2, 0.25) is 0 Å². The van der Waals surface area contributed by atoms with E-state index in [0.29, 0.717) is 22.4 Å². The summed E-state index contributed by atoms with van der Waals surface area (Å²) >= 11 is 0. The fourth-order valence-electron chi connectivity index (χ4n) is 4.93. The molecular formula is C30H23F2NO4. The van der Waals surface area contributed by atoms with Crippen molar-refractivity contribution in [1.82, 2.24) is 0 Å². The van der Waals surface area contributed by atoms with Crippen molar-refractivity contribution in [3.8, 4) is 5.75 Å². The molecule has 1 atom stereocenters. The van der Waals surface area contributed by atoms with Crippen LogP contribution >= 0.6 is 0 Å². The lowest BCUT2D eigenvalue weighted by Crippen LogP contribution is -2.29. The van der Waals surface area contributed by atoms with E-state index in [1.54, 1.807) is 38.1 Å². The SMILES string of the molecule is COc1cc(C)c(/C(O)=C2\C(=O)C(=O)N(c3ccc(F)c(F)c3)C2c2cccc3ccccc23)cc1C. The van der Waals surface area contributed by atoms with Crippen LogP contribution in [0.25, 0.3) is 16.5 Å². The lowest BCUT2D eigenvalue weighted by molar-refractivity contribution is -0.132. The molecule has 7 heteroatoms. The van der Waals surface area contributed by atoms with Gasteiger partial charge in [0.1, 0.15) is 11.5 Å². The monoisotopic (exact) mass is 499 g/mol. The number of carbonyl (C=O) groups excluding carboxylic acids is 2. The average Bonchev–Trinajstić information content (AvgIpc) is 3.16. The van der Waals surface area contributed by atoms with Crippen LogP contribution in [0.1, 0.15) is 28.3 Å². The number of hydrogen-bond acceptors (Lipinski definition) is 4. The van der Waals surface area contributed by atoms with Crippen molar-refractivity contribution in [1.29, 1.82) is 0 Å². The maximum atomic E-state index is 14.3. The first-order valence-corrected chi connectivity index (χ1v) is 11.6. The van der Waals surface area contributed by atoms with Gasteiger partial charge in [0.25, 0.3) is 11.7 Å². The molecule has 1 aliphatic heterocycles. The van der Waals surface area contributed by atoms with Crippen LogP contribution in [0.4, 0.5) is 14.5 Å². The number of ether oxygens (including phenoxy) is 1. The Morgan fingerprint density at radius 3 is 2.35 bits per heavy atom. The van der Waals surface area contributed by atoms with Gasteiger partial charge in [0.15, 0.2) is 11.6 Å². The van der Waals surface area contributed by atoms with Crippen molar-refractivity contribution < 1.29 is 28.2 Å². The Kier molecular flexibility index (Phi) is 5.99. The van der Waals surface area contributed by atoms with Crippen molar-refractivity contribution in [3.05, 3.63) is 112 Å². The summed E-state index contributed by atoms with van der Waals surface area (Å²) < 4.78 is 33.4. The average molecular weight is 500 g/mol. The molecule has 5 rings (SSSR count). The summed E-state index contributed by atoms with van der Waals surface area (Å²) in [6.45, 7) is 3.56. The van der Waals surface area contributed by atoms with Gasteiger partial charge in [-0.1, -0.05) is 42.5 Å². The highest BCUT2D eigenvalue weighted by Gasteiger charge is 2.47. The zero-order valence-electron chi connectivity index (χ0n) is 20.4. The molecule has 1 heterocycles. The first-order valence-electron chi connectivity index (χ1n) is 11.6. The molecule has 4 aromatic rings. The molecule has 0 spiro atoms. The number of nitrogens with zero attached hydrogens (tertiary/aromatic N) is 1. The third kappa shape index (κ3) is 3.93. The number of halogens is 2. The van der Waals surface area contributed by atoms with Crippen molar-refractivity contribution in [2.45, 2.75) is 19.9 Å². The van der Waals surface area contributed by atoms with E-state index in [2.05, 4.69) is 0 Å². The molecule has 5 nitrogen and oxygen atoms in total. The first-order chi connectivity index (χ1) is 17.7.